The van der Waals surface area contributed by atoms with E-state index in [1.807, 2.05) is 48.2 Å². The summed E-state index contributed by atoms with van der Waals surface area (Å²) >= 11 is 0. The fourth-order valence-electron chi connectivity index (χ4n) is 5.38. The highest BCUT2D eigenvalue weighted by Gasteiger charge is 2.33. The molecule has 0 aliphatic carbocycles. The standard InChI is InChI=1S/C30H31N3O4/c1-17(2)12-21(33-15-20-8-6-7-9-22(20)29(33)35)16-37-27-14-26-25(13-24(27)19(4)34)23-10-11-31-18(3)28(23)30(36)32(26)5/h6-11,13-14,17,21H,12,15-16H2,1-5H3. The number of ether oxygens (including phenoxy) is 1. The molecule has 1 unspecified atom stereocenters. The van der Waals surface area contributed by atoms with Crippen molar-refractivity contribution in [1.29, 1.82) is 0 Å². The Labute approximate surface area is 215 Å². The van der Waals surface area contributed by atoms with Crippen molar-refractivity contribution in [1.82, 2.24) is 14.5 Å². The zero-order valence-electron chi connectivity index (χ0n) is 21.9. The lowest BCUT2D eigenvalue weighted by molar-refractivity contribution is 0.0603. The normalized spacial score (nSPS) is 14.0. The number of hydrogen-bond acceptors (Lipinski definition) is 5. The third-order valence-electron chi connectivity index (χ3n) is 7.25. The van der Waals surface area contributed by atoms with E-state index >= 15 is 0 Å². The predicted octanol–water partition coefficient (Wildman–Crippen LogP) is 5.05. The minimum Gasteiger partial charge on any atom is -0.491 e. The van der Waals surface area contributed by atoms with E-state index in [4.69, 9.17) is 4.74 Å². The molecular formula is C30H31N3O4. The Bertz CT molecular complexity index is 1620. The summed E-state index contributed by atoms with van der Waals surface area (Å²) in [6.45, 7) is 8.35. The van der Waals surface area contributed by atoms with Crippen molar-refractivity contribution in [2.75, 3.05) is 6.61 Å². The van der Waals surface area contributed by atoms with Gasteiger partial charge in [-0.1, -0.05) is 32.0 Å². The van der Waals surface area contributed by atoms with Crippen LogP contribution in [-0.2, 0) is 13.6 Å². The van der Waals surface area contributed by atoms with E-state index in [1.54, 1.807) is 23.9 Å². The lowest BCUT2D eigenvalue weighted by atomic mass is 10.0. The first kappa shape index (κ1) is 24.7. The molecule has 4 aromatic rings. The second kappa shape index (κ2) is 9.47. The topological polar surface area (TPSA) is 81.5 Å². The maximum atomic E-state index is 13.2. The molecule has 7 heteroatoms. The summed E-state index contributed by atoms with van der Waals surface area (Å²) in [6, 6.07) is 12.9. The van der Waals surface area contributed by atoms with Crippen LogP contribution in [0.4, 0.5) is 0 Å². The second-order valence-electron chi connectivity index (χ2n) is 10.3. The van der Waals surface area contributed by atoms with Crippen molar-refractivity contribution < 1.29 is 14.3 Å². The van der Waals surface area contributed by atoms with Gasteiger partial charge in [-0.05, 0) is 55.3 Å². The molecule has 1 atom stereocenters. The highest BCUT2D eigenvalue weighted by Crippen LogP contribution is 2.32. The van der Waals surface area contributed by atoms with Crippen LogP contribution in [0.2, 0.25) is 0 Å². The molecule has 0 bridgehead atoms. The Hall–Kier alpha value is -4.00. The third kappa shape index (κ3) is 4.28. The molecule has 2 aromatic heterocycles. The van der Waals surface area contributed by atoms with Crippen LogP contribution in [0.5, 0.6) is 5.75 Å². The fourth-order valence-corrected chi connectivity index (χ4v) is 5.38. The van der Waals surface area contributed by atoms with Gasteiger partial charge in [-0.3, -0.25) is 19.4 Å². The van der Waals surface area contributed by atoms with Crippen LogP contribution < -0.4 is 10.3 Å². The zero-order valence-corrected chi connectivity index (χ0v) is 21.9. The number of Topliss-reactive ketones (excluding diaryl/α,β-unsaturated/α-hetero) is 1. The van der Waals surface area contributed by atoms with Crippen LogP contribution in [0, 0.1) is 12.8 Å². The van der Waals surface area contributed by atoms with E-state index in [1.165, 1.54) is 6.92 Å². The summed E-state index contributed by atoms with van der Waals surface area (Å²) in [5, 5.41) is 2.10. The van der Waals surface area contributed by atoms with Gasteiger partial charge in [0.05, 0.1) is 28.2 Å². The molecule has 0 saturated heterocycles. The number of rotatable bonds is 7. The van der Waals surface area contributed by atoms with Gasteiger partial charge < -0.3 is 14.2 Å². The van der Waals surface area contributed by atoms with Crippen molar-refractivity contribution in [3.05, 3.63) is 81.4 Å². The maximum absolute atomic E-state index is 13.2. The number of ketones is 1. The van der Waals surface area contributed by atoms with Gasteiger partial charge in [-0.25, -0.2) is 0 Å². The SMILES string of the molecule is CC(=O)c1cc2c3ccnc(C)c3c(=O)n(C)c2cc1OCC(CC(C)C)N1Cc2ccccc2C1=O. The number of hydrogen-bond donors (Lipinski definition) is 0. The summed E-state index contributed by atoms with van der Waals surface area (Å²) < 4.78 is 7.90. The van der Waals surface area contributed by atoms with E-state index in [0.717, 1.165) is 28.3 Å². The van der Waals surface area contributed by atoms with Crippen LogP contribution in [0.15, 0.2) is 53.5 Å². The molecule has 5 rings (SSSR count). The highest BCUT2D eigenvalue weighted by atomic mass is 16.5. The minimum absolute atomic E-state index is 0.00741. The lowest BCUT2D eigenvalue weighted by Crippen LogP contribution is -2.40. The van der Waals surface area contributed by atoms with Crippen LogP contribution in [0.3, 0.4) is 0 Å². The van der Waals surface area contributed by atoms with Gasteiger partial charge in [-0.15, -0.1) is 0 Å². The first-order valence-corrected chi connectivity index (χ1v) is 12.6. The van der Waals surface area contributed by atoms with E-state index in [2.05, 4.69) is 18.8 Å². The molecule has 3 heterocycles. The van der Waals surface area contributed by atoms with E-state index in [0.29, 0.717) is 40.4 Å². The second-order valence-corrected chi connectivity index (χ2v) is 10.3. The number of aromatic nitrogens is 2. The minimum atomic E-state index is -0.162. The molecule has 1 amide bonds. The number of amides is 1. The third-order valence-corrected chi connectivity index (χ3v) is 7.25. The molecule has 190 valence electrons. The van der Waals surface area contributed by atoms with E-state index in [-0.39, 0.29) is 29.9 Å². The van der Waals surface area contributed by atoms with Gasteiger partial charge in [0.1, 0.15) is 12.4 Å². The Balaban J connectivity index is 1.55. The van der Waals surface area contributed by atoms with Gasteiger partial charge in [0.25, 0.3) is 11.5 Å². The van der Waals surface area contributed by atoms with Crippen molar-refractivity contribution in [3.63, 3.8) is 0 Å². The summed E-state index contributed by atoms with van der Waals surface area (Å²) in [6.07, 6.45) is 2.44. The molecule has 1 aliphatic rings. The maximum Gasteiger partial charge on any atom is 0.260 e. The fraction of sp³-hybridized carbons (Fsp3) is 0.333. The summed E-state index contributed by atoms with van der Waals surface area (Å²) in [5.74, 6) is 0.638. The molecule has 0 fully saturated rings. The monoisotopic (exact) mass is 497 g/mol. The van der Waals surface area contributed by atoms with Gasteiger partial charge in [0.2, 0.25) is 0 Å². The highest BCUT2D eigenvalue weighted by molar-refractivity contribution is 6.10. The number of carbonyl (C=O) groups excluding carboxylic acids is 2. The molecule has 0 spiro atoms. The lowest BCUT2D eigenvalue weighted by Gasteiger charge is -2.29. The molecular weight excluding hydrogens is 466 g/mol. The molecule has 2 aromatic carbocycles. The van der Waals surface area contributed by atoms with E-state index < -0.39 is 0 Å². The number of benzene rings is 2. The Morgan fingerprint density at radius 1 is 1.11 bits per heavy atom. The van der Waals surface area contributed by atoms with Gasteiger partial charge >= 0.3 is 0 Å². The van der Waals surface area contributed by atoms with Crippen LogP contribution in [0.25, 0.3) is 21.7 Å². The summed E-state index contributed by atoms with van der Waals surface area (Å²) in [5.41, 5.74) is 3.38. The first-order chi connectivity index (χ1) is 17.7. The van der Waals surface area contributed by atoms with E-state index in [9.17, 15) is 14.4 Å². The van der Waals surface area contributed by atoms with Crippen LogP contribution in [0.1, 0.15) is 59.2 Å². The van der Waals surface area contributed by atoms with Crippen molar-refractivity contribution in [3.8, 4) is 5.75 Å². The zero-order chi connectivity index (χ0) is 26.4. The quantitative estimate of drug-likeness (QED) is 0.264. The van der Waals surface area contributed by atoms with Gasteiger partial charge in [0.15, 0.2) is 5.78 Å². The van der Waals surface area contributed by atoms with Crippen molar-refractivity contribution >= 4 is 33.4 Å². The molecule has 0 radical (unpaired) electrons. The number of carbonyl (C=O) groups is 2. The van der Waals surface area contributed by atoms with Crippen LogP contribution >= 0.6 is 0 Å². The average molecular weight is 498 g/mol. The van der Waals surface area contributed by atoms with Gasteiger partial charge in [0, 0.05) is 36.8 Å². The van der Waals surface area contributed by atoms with Crippen molar-refractivity contribution in [2.24, 2.45) is 13.0 Å². The average Bonchev–Trinajstić information content (AvgIpc) is 3.20. The molecule has 1 aliphatic heterocycles. The Kier molecular flexibility index (Phi) is 6.31. The number of fused-ring (bicyclic) bond motifs is 4. The molecule has 0 saturated carbocycles. The Morgan fingerprint density at radius 2 is 1.86 bits per heavy atom. The Morgan fingerprint density at radius 3 is 2.57 bits per heavy atom. The molecule has 0 N–H and O–H groups in total. The predicted molar refractivity (Wildman–Crippen MR) is 144 cm³/mol. The smallest absolute Gasteiger partial charge is 0.260 e. The summed E-state index contributed by atoms with van der Waals surface area (Å²) in [4.78, 5) is 45.2. The number of nitrogens with zero attached hydrogens (tertiary/aromatic N) is 3. The largest absolute Gasteiger partial charge is 0.491 e. The summed E-state index contributed by atoms with van der Waals surface area (Å²) in [7, 11) is 1.72. The molecule has 37 heavy (non-hydrogen) atoms. The first-order valence-electron chi connectivity index (χ1n) is 12.6. The van der Waals surface area contributed by atoms with Gasteiger partial charge in [-0.2, -0.15) is 0 Å². The number of aryl methyl sites for hydroxylation is 2. The van der Waals surface area contributed by atoms with Crippen LogP contribution in [-0.4, -0.2) is 38.8 Å². The number of pyridine rings is 2. The van der Waals surface area contributed by atoms with Crippen molar-refractivity contribution in [2.45, 2.75) is 46.7 Å². The molecule has 7 nitrogen and oxygen atoms in total.